The van der Waals surface area contributed by atoms with Crippen LogP contribution in [-0.2, 0) is 35.2 Å². The number of unbranched alkanes of at least 4 members (excludes halogenated alkanes) is 1. The molecule has 1 saturated heterocycles. The van der Waals surface area contributed by atoms with Crippen LogP contribution in [0, 0.1) is 0 Å². The number of nitrogens with zero attached hydrogens (tertiary/aromatic N) is 1. The first-order chi connectivity index (χ1) is 21.6. The maximum absolute atomic E-state index is 13.4. The number of carbonyl (C=O) groups excluding carboxylic acids is 2. The van der Waals surface area contributed by atoms with Crippen LogP contribution in [0.3, 0.4) is 0 Å². The number of carbonyl (C=O) groups is 2. The van der Waals surface area contributed by atoms with E-state index in [2.05, 4.69) is 5.32 Å². The quantitative estimate of drug-likeness (QED) is 0.115. The number of hydrogen-bond acceptors (Lipinski definition) is 4. The highest BCUT2D eigenvalue weighted by Gasteiger charge is 2.71. The van der Waals surface area contributed by atoms with Crippen LogP contribution in [0.15, 0.2) is 72.8 Å². The molecule has 0 bridgehead atoms. The highest BCUT2D eigenvalue weighted by atomic mass is 19.4. The predicted molar refractivity (Wildman–Crippen MR) is 159 cm³/mol. The van der Waals surface area contributed by atoms with Crippen molar-refractivity contribution in [2.24, 2.45) is 0 Å². The van der Waals surface area contributed by atoms with E-state index in [1.54, 1.807) is 19.9 Å². The van der Waals surface area contributed by atoms with Gasteiger partial charge < -0.3 is 15.2 Å². The van der Waals surface area contributed by atoms with E-state index in [0.717, 1.165) is 29.4 Å². The van der Waals surface area contributed by atoms with Gasteiger partial charge >= 0.3 is 18.4 Å². The molecule has 0 aliphatic carbocycles. The fourth-order valence-electron chi connectivity index (χ4n) is 5.52. The number of hydrogen-bond donors (Lipinski definition) is 2. The van der Waals surface area contributed by atoms with Crippen molar-refractivity contribution < 1.29 is 45.8 Å². The summed E-state index contributed by atoms with van der Waals surface area (Å²) in [6, 6.07) is 19.2. The lowest BCUT2D eigenvalue weighted by Crippen LogP contribution is -2.53. The van der Waals surface area contributed by atoms with E-state index in [-0.39, 0.29) is 30.9 Å². The van der Waals surface area contributed by atoms with Gasteiger partial charge in [-0.1, -0.05) is 74.0 Å². The molecule has 1 aliphatic heterocycles. The van der Waals surface area contributed by atoms with E-state index in [1.807, 2.05) is 48.5 Å². The molecule has 1 fully saturated rings. The third-order valence-corrected chi connectivity index (χ3v) is 8.18. The number of benzene rings is 3. The lowest BCUT2D eigenvalue weighted by atomic mass is 9.89. The first-order valence-electron chi connectivity index (χ1n) is 15.0. The van der Waals surface area contributed by atoms with Gasteiger partial charge in [0.15, 0.2) is 0 Å². The average Bonchev–Trinajstić information content (AvgIpc) is 3.23. The third kappa shape index (κ3) is 7.16. The van der Waals surface area contributed by atoms with Crippen LogP contribution >= 0.6 is 0 Å². The molecule has 2 N–H and O–H groups in total. The lowest BCUT2D eigenvalue weighted by molar-refractivity contribution is -0.376. The Morgan fingerprint density at radius 2 is 1.48 bits per heavy atom. The smallest absolute Gasteiger partial charge is 0.430 e. The van der Waals surface area contributed by atoms with E-state index >= 15 is 0 Å². The van der Waals surface area contributed by atoms with Gasteiger partial charge in [0.2, 0.25) is 0 Å². The Labute approximate surface area is 263 Å². The number of urea groups is 1. The first kappa shape index (κ1) is 34.8. The second kappa shape index (κ2) is 13.7. The number of halogens is 6. The molecule has 3 aromatic rings. The summed E-state index contributed by atoms with van der Waals surface area (Å²) in [6.07, 6.45) is -9.20. The summed E-state index contributed by atoms with van der Waals surface area (Å²) in [4.78, 5) is 27.4. The minimum atomic E-state index is -5.99. The van der Waals surface area contributed by atoms with Gasteiger partial charge in [-0.2, -0.15) is 26.3 Å². The van der Waals surface area contributed by atoms with Gasteiger partial charge in [0.1, 0.15) is 11.3 Å². The Bertz CT molecular complexity index is 1510. The molecule has 0 spiro atoms. The van der Waals surface area contributed by atoms with Crippen molar-refractivity contribution in [1.82, 2.24) is 10.2 Å². The number of nitrogens with one attached hydrogen (secondary N) is 1. The average molecular weight is 651 g/mol. The van der Waals surface area contributed by atoms with Crippen LogP contribution in [-0.4, -0.2) is 47.4 Å². The van der Waals surface area contributed by atoms with Crippen molar-refractivity contribution in [3.05, 3.63) is 101 Å². The third-order valence-electron chi connectivity index (χ3n) is 8.18. The molecule has 12 heteroatoms. The van der Waals surface area contributed by atoms with E-state index in [9.17, 15) is 41.0 Å². The van der Waals surface area contributed by atoms with Gasteiger partial charge in [-0.3, -0.25) is 9.69 Å². The highest BCUT2D eigenvalue weighted by Crippen LogP contribution is 2.50. The molecule has 6 nitrogen and oxygen atoms in total. The number of aliphatic hydroxyl groups is 1. The molecular weight excluding hydrogens is 614 g/mol. The lowest BCUT2D eigenvalue weighted by Gasteiger charge is -2.33. The van der Waals surface area contributed by atoms with Crippen LogP contribution in [0.5, 0.6) is 5.75 Å². The van der Waals surface area contributed by atoms with Gasteiger partial charge in [-0.25, -0.2) is 4.79 Å². The summed E-state index contributed by atoms with van der Waals surface area (Å²) in [6.45, 7) is 3.47. The largest absolute Gasteiger partial charge is 0.493 e. The van der Waals surface area contributed by atoms with Crippen LogP contribution in [0.2, 0.25) is 0 Å². The van der Waals surface area contributed by atoms with Crippen LogP contribution < -0.4 is 10.1 Å². The van der Waals surface area contributed by atoms with Crippen molar-refractivity contribution in [2.45, 2.75) is 75.9 Å². The Balaban J connectivity index is 1.36. The predicted octanol–water partition coefficient (Wildman–Crippen LogP) is 7.36. The minimum Gasteiger partial charge on any atom is -0.493 e. The Hall–Kier alpha value is -4.06. The van der Waals surface area contributed by atoms with E-state index in [4.69, 9.17) is 4.74 Å². The summed E-state index contributed by atoms with van der Waals surface area (Å²) in [7, 11) is 0. The zero-order chi connectivity index (χ0) is 33.8. The SMILES string of the molecule is CCCc1cc(C(O)(C(F)(F)F)C(F)(F)F)ccc1OCCCCN1C(=O)NC(C)(c2cccc(CCc3ccccc3)c2)C1=O. The molecule has 1 unspecified atom stereocenters. The number of ether oxygens (including phenoxy) is 1. The molecule has 46 heavy (non-hydrogen) atoms. The standard InChI is InChI=1S/C34H36F6N2O4/c1-3-10-25-22-27(32(45,33(35,36)37)34(38,39)40)17-18-28(25)46-20-8-7-19-42-29(43)31(2,41-30(42)44)26-14-9-13-24(21-26)16-15-23-11-5-4-6-12-23/h4-6,9,11-14,17-18,21-22,45H,3,7-8,10,15-16,19-20H2,1-2H3,(H,41,44). The normalized spacial score (nSPS) is 17.4. The highest BCUT2D eigenvalue weighted by molar-refractivity contribution is 6.07. The second-order valence-corrected chi connectivity index (χ2v) is 11.5. The topological polar surface area (TPSA) is 78.9 Å². The van der Waals surface area contributed by atoms with Crippen LogP contribution in [0.1, 0.15) is 60.9 Å². The monoisotopic (exact) mass is 650 g/mol. The summed E-state index contributed by atoms with van der Waals surface area (Å²) in [5.74, 6) is -0.312. The Kier molecular flexibility index (Phi) is 10.4. The van der Waals surface area contributed by atoms with Crippen molar-refractivity contribution >= 4 is 11.9 Å². The molecular formula is C34H36F6N2O4. The van der Waals surface area contributed by atoms with Gasteiger partial charge in [0.25, 0.3) is 11.5 Å². The first-order valence-corrected chi connectivity index (χ1v) is 15.0. The molecule has 0 aromatic heterocycles. The maximum Gasteiger partial charge on any atom is 0.430 e. The number of rotatable bonds is 13. The van der Waals surface area contributed by atoms with Crippen molar-refractivity contribution in [3.8, 4) is 5.75 Å². The van der Waals surface area contributed by atoms with Gasteiger partial charge in [0.05, 0.1) is 6.61 Å². The Morgan fingerprint density at radius 1 is 0.826 bits per heavy atom. The summed E-state index contributed by atoms with van der Waals surface area (Å²) in [5.41, 5.74) is -4.65. The Morgan fingerprint density at radius 3 is 2.13 bits per heavy atom. The summed E-state index contributed by atoms with van der Waals surface area (Å²) < 4.78 is 85.9. The van der Waals surface area contributed by atoms with E-state index in [1.165, 1.54) is 5.56 Å². The van der Waals surface area contributed by atoms with Gasteiger partial charge in [-0.15, -0.1) is 0 Å². The van der Waals surface area contributed by atoms with Crippen LogP contribution in [0.4, 0.5) is 31.1 Å². The summed E-state index contributed by atoms with van der Waals surface area (Å²) in [5, 5.41) is 12.6. The molecule has 1 atom stereocenters. The van der Waals surface area contributed by atoms with E-state index in [0.29, 0.717) is 37.0 Å². The van der Waals surface area contributed by atoms with Gasteiger partial charge in [-0.05, 0) is 73.4 Å². The van der Waals surface area contributed by atoms with Crippen LogP contribution in [0.25, 0.3) is 0 Å². The second-order valence-electron chi connectivity index (χ2n) is 11.5. The molecule has 0 saturated carbocycles. The zero-order valence-electron chi connectivity index (χ0n) is 25.5. The molecule has 4 rings (SSSR count). The van der Waals surface area contributed by atoms with Crippen molar-refractivity contribution in [3.63, 3.8) is 0 Å². The molecule has 1 aliphatic rings. The number of alkyl halides is 6. The summed E-state index contributed by atoms with van der Waals surface area (Å²) >= 11 is 0. The molecule has 3 aromatic carbocycles. The van der Waals surface area contributed by atoms with Crippen molar-refractivity contribution in [1.29, 1.82) is 0 Å². The zero-order valence-corrected chi connectivity index (χ0v) is 25.5. The van der Waals surface area contributed by atoms with Gasteiger partial charge in [0, 0.05) is 12.1 Å². The number of imide groups is 1. The molecule has 3 amide bonds. The molecule has 1 heterocycles. The maximum atomic E-state index is 13.4. The molecule has 0 radical (unpaired) electrons. The van der Waals surface area contributed by atoms with Crippen molar-refractivity contribution in [2.75, 3.05) is 13.2 Å². The number of aryl methyl sites for hydroxylation is 3. The van der Waals surface area contributed by atoms with E-state index < -0.39 is 41.0 Å². The number of amides is 3. The fourth-order valence-corrected chi connectivity index (χ4v) is 5.52. The fraction of sp³-hybridized carbons (Fsp3) is 0.412. The minimum absolute atomic E-state index is 0.0310. The molecule has 248 valence electrons.